The fraction of sp³-hybridized carbons (Fsp3) is 0.889. The molecule has 1 amide bonds. The van der Waals surface area contributed by atoms with Gasteiger partial charge in [-0.3, -0.25) is 4.79 Å². The summed E-state index contributed by atoms with van der Waals surface area (Å²) in [7, 11) is 0. The third-order valence-corrected chi connectivity index (χ3v) is 4.09. The monoisotopic (exact) mass is 265 g/mol. The molecule has 0 aromatic rings. The number of carbonyl (C=O) groups is 1. The number of halogens is 1. The topological polar surface area (TPSA) is 29.1 Å². The summed E-state index contributed by atoms with van der Waals surface area (Å²) in [5, 5.41) is 2.96. The number of rotatable bonds is 3. The minimum Gasteiger partial charge on any atom is -0.354 e. The van der Waals surface area contributed by atoms with E-state index in [2.05, 4.69) is 21.2 Å². The van der Waals surface area contributed by atoms with Crippen LogP contribution in [0.25, 0.3) is 0 Å². The first-order valence-corrected chi connectivity index (χ1v) is 6.51. The lowest BCUT2D eigenvalue weighted by Gasteiger charge is -2.21. The molecule has 0 aromatic heterocycles. The van der Waals surface area contributed by atoms with E-state index in [0.717, 1.165) is 18.7 Å². The van der Waals surface area contributed by atoms with Crippen molar-refractivity contribution in [2.45, 2.75) is 36.3 Å². The van der Waals surface area contributed by atoms with Crippen LogP contribution in [-0.2, 0) is 4.79 Å². The molecule has 1 fully saturated rings. The van der Waals surface area contributed by atoms with Crippen LogP contribution in [-0.4, -0.2) is 27.8 Å². The zero-order valence-corrected chi connectivity index (χ0v) is 10.5. The molecule has 1 saturated heterocycles. The van der Waals surface area contributed by atoms with E-state index in [1.54, 1.807) is 11.8 Å². The molecule has 4 heteroatoms. The molecule has 1 aliphatic heterocycles. The standard InChI is InChI=1S/C9H16BrNOS/c1-7(10)6-11-8(12)9(2)4-3-5-13-9/h7H,3-6H2,1-2H3,(H,11,12). The van der Waals surface area contributed by atoms with Gasteiger partial charge in [0, 0.05) is 11.4 Å². The van der Waals surface area contributed by atoms with Crippen LogP contribution < -0.4 is 5.32 Å². The highest BCUT2D eigenvalue weighted by molar-refractivity contribution is 9.09. The minimum absolute atomic E-state index is 0.165. The zero-order chi connectivity index (χ0) is 9.90. The van der Waals surface area contributed by atoms with Gasteiger partial charge in [-0.25, -0.2) is 0 Å². The number of hydrogen-bond acceptors (Lipinski definition) is 2. The molecule has 2 unspecified atom stereocenters. The van der Waals surface area contributed by atoms with Gasteiger partial charge in [-0.15, -0.1) is 11.8 Å². The molecular weight excluding hydrogens is 250 g/mol. The Morgan fingerprint density at radius 2 is 2.46 bits per heavy atom. The number of hydrogen-bond donors (Lipinski definition) is 1. The highest BCUT2D eigenvalue weighted by atomic mass is 79.9. The highest BCUT2D eigenvalue weighted by Gasteiger charge is 2.36. The van der Waals surface area contributed by atoms with Crippen molar-refractivity contribution in [2.75, 3.05) is 12.3 Å². The number of carbonyl (C=O) groups excluding carboxylic acids is 1. The first-order valence-electron chi connectivity index (χ1n) is 4.61. The SMILES string of the molecule is CC(Br)CNC(=O)C1(C)CCCS1. The molecule has 13 heavy (non-hydrogen) atoms. The van der Waals surface area contributed by atoms with Gasteiger partial charge in [-0.05, 0) is 25.5 Å². The predicted molar refractivity (Wildman–Crippen MR) is 61.5 cm³/mol. The maximum atomic E-state index is 11.7. The fourth-order valence-electron chi connectivity index (χ4n) is 1.38. The van der Waals surface area contributed by atoms with Crippen LogP contribution in [0.15, 0.2) is 0 Å². The van der Waals surface area contributed by atoms with Crippen LogP contribution in [0, 0.1) is 0 Å². The maximum absolute atomic E-state index is 11.7. The molecule has 1 heterocycles. The van der Waals surface area contributed by atoms with Crippen molar-refractivity contribution in [1.29, 1.82) is 0 Å². The van der Waals surface area contributed by atoms with E-state index in [9.17, 15) is 4.79 Å². The van der Waals surface area contributed by atoms with E-state index < -0.39 is 0 Å². The zero-order valence-electron chi connectivity index (χ0n) is 8.10. The van der Waals surface area contributed by atoms with Crippen LogP contribution in [0.4, 0.5) is 0 Å². The lowest BCUT2D eigenvalue weighted by Crippen LogP contribution is -2.42. The van der Waals surface area contributed by atoms with Crippen molar-refractivity contribution >= 4 is 33.6 Å². The second-order valence-corrected chi connectivity index (χ2v) is 6.83. The smallest absolute Gasteiger partial charge is 0.235 e. The third kappa shape index (κ3) is 3.17. The van der Waals surface area contributed by atoms with Crippen LogP contribution >= 0.6 is 27.7 Å². The third-order valence-electron chi connectivity index (χ3n) is 2.24. The van der Waals surface area contributed by atoms with Gasteiger partial charge in [-0.1, -0.05) is 22.9 Å². The maximum Gasteiger partial charge on any atom is 0.235 e. The van der Waals surface area contributed by atoms with Gasteiger partial charge in [0.1, 0.15) is 0 Å². The van der Waals surface area contributed by atoms with E-state index in [1.165, 1.54) is 6.42 Å². The molecule has 0 bridgehead atoms. The Balaban J connectivity index is 2.38. The van der Waals surface area contributed by atoms with Gasteiger partial charge in [0.2, 0.25) is 5.91 Å². The van der Waals surface area contributed by atoms with Crippen molar-refractivity contribution in [3.8, 4) is 0 Å². The lowest BCUT2D eigenvalue weighted by molar-refractivity contribution is -0.123. The first kappa shape index (κ1) is 11.4. The molecule has 0 radical (unpaired) electrons. The molecule has 0 spiro atoms. The molecule has 0 saturated carbocycles. The van der Waals surface area contributed by atoms with Crippen LogP contribution in [0.1, 0.15) is 26.7 Å². The summed E-state index contributed by atoms with van der Waals surface area (Å²) in [4.78, 5) is 12.1. The number of thioether (sulfide) groups is 1. The predicted octanol–water partition coefficient (Wildman–Crippen LogP) is 2.17. The molecule has 2 nitrogen and oxygen atoms in total. The number of nitrogens with one attached hydrogen (secondary N) is 1. The average Bonchev–Trinajstić information content (AvgIpc) is 2.49. The van der Waals surface area contributed by atoms with Crippen LogP contribution in [0.3, 0.4) is 0 Å². The van der Waals surface area contributed by atoms with Gasteiger partial charge in [0.15, 0.2) is 0 Å². The lowest BCUT2D eigenvalue weighted by atomic mass is 10.1. The van der Waals surface area contributed by atoms with E-state index >= 15 is 0 Å². The summed E-state index contributed by atoms with van der Waals surface area (Å²) in [6.45, 7) is 4.79. The Kier molecular flexibility index (Phi) is 4.10. The molecule has 2 atom stereocenters. The molecule has 76 valence electrons. The van der Waals surface area contributed by atoms with Crippen LogP contribution in [0.5, 0.6) is 0 Å². The van der Waals surface area contributed by atoms with Crippen molar-refractivity contribution in [1.82, 2.24) is 5.32 Å². The van der Waals surface area contributed by atoms with E-state index in [0.29, 0.717) is 4.83 Å². The van der Waals surface area contributed by atoms with Crippen LogP contribution in [0.2, 0.25) is 0 Å². The summed E-state index contributed by atoms with van der Waals surface area (Å²) in [5.41, 5.74) is 0. The Bertz CT molecular complexity index is 190. The van der Waals surface area contributed by atoms with Crippen molar-refractivity contribution in [3.05, 3.63) is 0 Å². The first-order chi connectivity index (χ1) is 6.04. The van der Waals surface area contributed by atoms with Gasteiger partial charge in [0.05, 0.1) is 4.75 Å². The largest absolute Gasteiger partial charge is 0.354 e. The Hall–Kier alpha value is 0.300. The summed E-state index contributed by atoms with van der Waals surface area (Å²) < 4.78 is -0.165. The minimum atomic E-state index is -0.165. The molecule has 1 rings (SSSR count). The van der Waals surface area contributed by atoms with Gasteiger partial charge >= 0.3 is 0 Å². The normalized spacial score (nSPS) is 30.1. The van der Waals surface area contributed by atoms with Crippen molar-refractivity contribution in [2.24, 2.45) is 0 Å². The second-order valence-electron chi connectivity index (χ2n) is 3.67. The van der Waals surface area contributed by atoms with Gasteiger partial charge in [0.25, 0.3) is 0 Å². The summed E-state index contributed by atoms with van der Waals surface area (Å²) in [5.74, 6) is 1.31. The molecular formula is C9H16BrNOS. The Morgan fingerprint density at radius 3 is 2.92 bits per heavy atom. The summed E-state index contributed by atoms with van der Waals surface area (Å²) >= 11 is 5.18. The van der Waals surface area contributed by atoms with E-state index in [-0.39, 0.29) is 10.7 Å². The molecule has 0 aliphatic carbocycles. The summed E-state index contributed by atoms with van der Waals surface area (Å²) in [6.07, 6.45) is 2.18. The summed E-state index contributed by atoms with van der Waals surface area (Å²) in [6, 6.07) is 0. The quantitative estimate of drug-likeness (QED) is 0.793. The highest BCUT2D eigenvalue weighted by Crippen LogP contribution is 2.37. The van der Waals surface area contributed by atoms with E-state index in [4.69, 9.17) is 0 Å². The van der Waals surface area contributed by atoms with Gasteiger partial charge < -0.3 is 5.32 Å². The van der Waals surface area contributed by atoms with Crippen molar-refractivity contribution < 1.29 is 4.79 Å². The Morgan fingerprint density at radius 1 is 1.77 bits per heavy atom. The van der Waals surface area contributed by atoms with E-state index in [1.807, 2.05) is 13.8 Å². The Labute approximate surface area is 92.4 Å². The second kappa shape index (κ2) is 4.69. The van der Waals surface area contributed by atoms with Gasteiger partial charge in [-0.2, -0.15) is 0 Å². The van der Waals surface area contributed by atoms with Crippen molar-refractivity contribution in [3.63, 3.8) is 0 Å². The molecule has 1 N–H and O–H groups in total. The molecule has 0 aromatic carbocycles. The molecule has 1 aliphatic rings. The average molecular weight is 266 g/mol. The number of amides is 1. The fourth-order valence-corrected chi connectivity index (χ4v) is 2.77. The number of alkyl halides is 1.